The predicted molar refractivity (Wildman–Crippen MR) is 72.2 cm³/mol. The summed E-state index contributed by atoms with van der Waals surface area (Å²) in [6.07, 6.45) is 3.38. The molecule has 1 saturated heterocycles. The van der Waals surface area contributed by atoms with Crippen molar-refractivity contribution in [3.8, 4) is 0 Å². The third-order valence-corrected chi connectivity index (χ3v) is 4.38. The van der Waals surface area contributed by atoms with E-state index < -0.39 is 12.0 Å². The first-order chi connectivity index (χ1) is 9.11. The van der Waals surface area contributed by atoms with Gasteiger partial charge in [-0.1, -0.05) is 6.92 Å². The third kappa shape index (κ3) is 3.32. The Kier molecular flexibility index (Phi) is 4.52. The van der Waals surface area contributed by atoms with E-state index in [2.05, 4.69) is 4.98 Å². The van der Waals surface area contributed by atoms with E-state index >= 15 is 0 Å². The first-order valence-electron chi connectivity index (χ1n) is 6.57. The fraction of sp³-hybridized carbons (Fsp3) is 0.615. The molecule has 19 heavy (non-hydrogen) atoms. The van der Waals surface area contributed by atoms with Crippen LogP contribution in [0.2, 0.25) is 0 Å². The number of aryl methyl sites for hydroxylation is 1. The Balaban J connectivity index is 2.03. The van der Waals surface area contributed by atoms with Crippen molar-refractivity contribution in [2.24, 2.45) is 0 Å². The molecule has 1 atom stereocenters. The first kappa shape index (κ1) is 14.0. The number of carbonyl (C=O) groups excluding carboxylic acids is 1. The van der Waals surface area contributed by atoms with Crippen LogP contribution in [-0.2, 0) is 22.4 Å². The number of piperidine rings is 1. The summed E-state index contributed by atoms with van der Waals surface area (Å²) in [7, 11) is 0. The molecule has 5 nitrogen and oxygen atoms in total. The molecule has 104 valence electrons. The lowest BCUT2D eigenvalue weighted by molar-refractivity contribution is -0.151. The fourth-order valence-corrected chi connectivity index (χ4v) is 3.08. The first-order valence-corrected chi connectivity index (χ1v) is 7.45. The summed E-state index contributed by atoms with van der Waals surface area (Å²) in [4.78, 5) is 29.2. The molecule has 0 bridgehead atoms. The van der Waals surface area contributed by atoms with Crippen molar-refractivity contribution in [3.05, 3.63) is 16.1 Å². The van der Waals surface area contributed by atoms with Gasteiger partial charge in [-0.15, -0.1) is 11.3 Å². The summed E-state index contributed by atoms with van der Waals surface area (Å²) >= 11 is 1.55. The van der Waals surface area contributed by atoms with Gasteiger partial charge in [0.15, 0.2) is 0 Å². The molecule has 1 amide bonds. The third-order valence-electron chi connectivity index (χ3n) is 3.34. The van der Waals surface area contributed by atoms with Crippen molar-refractivity contribution in [2.45, 2.75) is 45.1 Å². The number of hydrogen-bond donors (Lipinski definition) is 1. The monoisotopic (exact) mass is 282 g/mol. The number of thiazole rings is 1. The maximum Gasteiger partial charge on any atom is 0.326 e. The largest absolute Gasteiger partial charge is 0.480 e. The average molecular weight is 282 g/mol. The maximum absolute atomic E-state index is 12.2. The van der Waals surface area contributed by atoms with Gasteiger partial charge in [-0.05, 0) is 25.7 Å². The van der Waals surface area contributed by atoms with Crippen LogP contribution in [0, 0.1) is 0 Å². The number of carboxylic acids is 1. The molecule has 6 heteroatoms. The number of nitrogens with zero attached hydrogens (tertiary/aromatic N) is 2. The minimum atomic E-state index is -0.902. The highest BCUT2D eigenvalue weighted by molar-refractivity contribution is 7.09. The van der Waals surface area contributed by atoms with Crippen LogP contribution in [0.25, 0.3) is 0 Å². The van der Waals surface area contributed by atoms with Gasteiger partial charge < -0.3 is 10.0 Å². The van der Waals surface area contributed by atoms with E-state index in [0.29, 0.717) is 13.0 Å². The van der Waals surface area contributed by atoms with Crippen molar-refractivity contribution in [1.29, 1.82) is 0 Å². The van der Waals surface area contributed by atoms with Gasteiger partial charge in [0.1, 0.15) is 6.04 Å². The molecule has 1 aromatic rings. The van der Waals surface area contributed by atoms with E-state index in [-0.39, 0.29) is 12.3 Å². The van der Waals surface area contributed by atoms with Crippen molar-refractivity contribution in [3.63, 3.8) is 0 Å². The van der Waals surface area contributed by atoms with E-state index in [1.165, 1.54) is 4.90 Å². The van der Waals surface area contributed by atoms with Crippen molar-refractivity contribution in [1.82, 2.24) is 9.88 Å². The lowest BCUT2D eigenvalue weighted by Gasteiger charge is -2.32. The van der Waals surface area contributed by atoms with Crippen LogP contribution in [0.15, 0.2) is 5.38 Å². The van der Waals surface area contributed by atoms with E-state index in [0.717, 1.165) is 30.0 Å². The lowest BCUT2D eigenvalue weighted by atomic mass is 10.0. The van der Waals surface area contributed by atoms with Gasteiger partial charge in [-0.3, -0.25) is 4.79 Å². The van der Waals surface area contributed by atoms with Gasteiger partial charge in [0.2, 0.25) is 5.91 Å². The number of carboxylic acid groups (broad SMARTS) is 1. The van der Waals surface area contributed by atoms with Crippen molar-refractivity contribution >= 4 is 23.2 Å². The predicted octanol–water partition coefficient (Wildman–Crippen LogP) is 1.71. The Morgan fingerprint density at radius 2 is 2.32 bits per heavy atom. The summed E-state index contributed by atoms with van der Waals surface area (Å²) in [5.74, 6) is -1.03. The molecule has 0 unspecified atom stereocenters. The second-order valence-electron chi connectivity index (χ2n) is 4.70. The summed E-state index contributed by atoms with van der Waals surface area (Å²) in [5, 5.41) is 12.1. The van der Waals surface area contributed by atoms with Gasteiger partial charge in [0, 0.05) is 11.9 Å². The second-order valence-corrected chi connectivity index (χ2v) is 5.64. The van der Waals surface area contributed by atoms with Gasteiger partial charge in [0.25, 0.3) is 0 Å². The Labute approximate surface area is 116 Å². The summed E-state index contributed by atoms with van der Waals surface area (Å²) < 4.78 is 0. The lowest BCUT2D eigenvalue weighted by Crippen LogP contribution is -2.48. The Bertz CT molecular complexity index is 472. The molecule has 1 N–H and O–H groups in total. The van der Waals surface area contributed by atoms with Gasteiger partial charge >= 0.3 is 5.97 Å². The number of rotatable bonds is 4. The smallest absolute Gasteiger partial charge is 0.326 e. The molecule has 1 aromatic heterocycles. The number of carbonyl (C=O) groups is 2. The highest BCUT2D eigenvalue weighted by atomic mass is 32.1. The van der Waals surface area contributed by atoms with E-state index in [9.17, 15) is 9.59 Å². The van der Waals surface area contributed by atoms with E-state index in [1.54, 1.807) is 11.3 Å². The molecule has 0 aliphatic carbocycles. The zero-order valence-electron chi connectivity index (χ0n) is 11.0. The highest BCUT2D eigenvalue weighted by Crippen LogP contribution is 2.19. The quantitative estimate of drug-likeness (QED) is 0.912. The van der Waals surface area contributed by atoms with Crippen molar-refractivity contribution in [2.75, 3.05) is 6.54 Å². The molecule has 0 radical (unpaired) electrons. The normalized spacial score (nSPS) is 19.4. The standard InChI is InChI=1S/C13H18N2O3S/c1-2-11-14-9(8-19-11)7-12(16)15-6-4-3-5-10(15)13(17)18/h8,10H,2-7H2,1H3,(H,17,18)/t10-/m0/s1. The molecule has 0 spiro atoms. The van der Waals surface area contributed by atoms with Crippen LogP contribution in [0.4, 0.5) is 0 Å². The minimum absolute atomic E-state index is 0.125. The summed E-state index contributed by atoms with van der Waals surface area (Å²) in [6, 6.07) is -0.662. The minimum Gasteiger partial charge on any atom is -0.480 e. The van der Waals surface area contributed by atoms with Crippen LogP contribution < -0.4 is 0 Å². The second kappa shape index (κ2) is 6.14. The zero-order chi connectivity index (χ0) is 13.8. The molecular formula is C13H18N2O3S. The Hall–Kier alpha value is -1.43. The molecule has 0 aromatic carbocycles. The van der Waals surface area contributed by atoms with Crippen LogP contribution in [0.5, 0.6) is 0 Å². The number of aliphatic carboxylic acids is 1. The van der Waals surface area contributed by atoms with Crippen LogP contribution in [0.1, 0.15) is 36.9 Å². The zero-order valence-corrected chi connectivity index (χ0v) is 11.8. The molecule has 1 aliphatic heterocycles. The topological polar surface area (TPSA) is 70.5 Å². The summed E-state index contributed by atoms with van der Waals surface area (Å²) in [5.41, 5.74) is 0.751. The molecular weight excluding hydrogens is 264 g/mol. The highest BCUT2D eigenvalue weighted by Gasteiger charge is 2.31. The number of likely N-dealkylation sites (tertiary alicyclic amines) is 1. The molecule has 1 fully saturated rings. The Morgan fingerprint density at radius 1 is 1.53 bits per heavy atom. The number of hydrogen-bond acceptors (Lipinski definition) is 4. The number of aromatic nitrogens is 1. The Morgan fingerprint density at radius 3 is 2.95 bits per heavy atom. The maximum atomic E-state index is 12.2. The SMILES string of the molecule is CCc1nc(CC(=O)N2CCCC[C@H]2C(=O)O)cs1. The van der Waals surface area contributed by atoms with Crippen LogP contribution in [0.3, 0.4) is 0 Å². The molecule has 1 aliphatic rings. The van der Waals surface area contributed by atoms with E-state index in [4.69, 9.17) is 5.11 Å². The van der Waals surface area contributed by atoms with Crippen molar-refractivity contribution < 1.29 is 14.7 Å². The van der Waals surface area contributed by atoms with Crippen LogP contribution in [-0.4, -0.2) is 39.5 Å². The van der Waals surface area contributed by atoms with Crippen LogP contribution >= 0.6 is 11.3 Å². The van der Waals surface area contributed by atoms with Gasteiger partial charge in [0.05, 0.1) is 17.1 Å². The average Bonchev–Trinajstić information content (AvgIpc) is 2.86. The fourth-order valence-electron chi connectivity index (χ4n) is 2.34. The van der Waals surface area contributed by atoms with E-state index in [1.807, 2.05) is 12.3 Å². The van der Waals surface area contributed by atoms with Gasteiger partial charge in [-0.25, -0.2) is 9.78 Å². The number of amides is 1. The summed E-state index contributed by atoms with van der Waals surface area (Å²) in [6.45, 7) is 2.57. The molecule has 2 heterocycles. The van der Waals surface area contributed by atoms with Gasteiger partial charge in [-0.2, -0.15) is 0 Å². The molecule has 0 saturated carbocycles. The molecule has 2 rings (SSSR count).